The molecule has 4 rings (SSSR count). The van der Waals surface area contributed by atoms with Crippen LogP contribution in [0.15, 0.2) is 78.9 Å². The van der Waals surface area contributed by atoms with Crippen LogP contribution in [-0.4, -0.2) is 29.1 Å². The van der Waals surface area contributed by atoms with Crippen molar-refractivity contribution >= 4 is 23.3 Å². The van der Waals surface area contributed by atoms with Gasteiger partial charge in [0.2, 0.25) is 0 Å². The van der Waals surface area contributed by atoms with Gasteiger partial charge < -0.3 is 20.1 Å². The monoisotopic (exact) mass is 436 g/mol. The number of para-hydroxylation sites is 3. The molecule has 3 aromatic carbocycles. The lowest BCUT2D eigenvalue weighted by molar-refractivity contribution is 0.0683. The molecule has 0 radical (unpaired) electrons. The van der Waals surface area contributed by atoms with E-state index in [0.29, 0.717) is 35.3 Å². The zero-order valence-electron chi connectivity index (χ0n) is 17.1. The molecule has 1 saturated heterocycles. The van der Waals surface area contributed by atoms with E-state index in [-0.39, 0.29) is 11.9 Å². The molecule has 1 aliphatic rings. The summed E-state index contributed by atoms with van der Waals surface area (Å²) in [5.41, 5.74) is 1.51. The molecule has 1 atom stereocenters. The molecule has 5 nitrogen and oxygen atoms in total. The third-order valence-electron chi connectivity index (χ3n) is 5.60. The lowest BCUT2D eigenvalue weighted by atomic mass is 9.87. The van der Waals surface area contributed by atoms with E-state index in [2.05, 4.69) is 5.32 Å². The Bertz CT molecular complexity index is 1020. The van der Waals surface area contributed by atoms with Crippen LogP contribution in [0.3, 0.4) is 0 Å². The zero-order valence-corrected chi connectivity index (χ0v) is 17.8. The van der Waals surface area contributed by atoms with Crippen molar-refractivity contribution in [3.05, 3.63) is 89.4 Å². The summed E-state index contributed by atoms with van der Waals surface area (Å²) in [6.45, 7) is 1.18. The third kappa shape index (κ3) is 5.19. The van der Waals surface area contributed by atoms with E-state index >= 15 is 0 Å². The zero-order chi connectivity index (χ0) is 21.6. The van der Waals surface area contributed by atoms with Crippen molar-refractivity contribution in [1.82, 2.24) is 4.90 Å². The lowest BCUT2D eigenvalue weighted by Gasteiger charge is -2.34. The van der Waals surface area contributed by atoms with Crippen LogP contribution in [0.4, 0.5) is 10.5 Å². The molecule has 0 saturated carbocycles. The number of rotatable bonds is 5. The summed E-state index contributed by atoms with van der Waals surface area (Å²) < 4.78 is 5.93. The molecule has 160 valence electrons. The molecule has 1 heterocycles. The number of piperidine rings is 1. The molecule has 1 unspecified atom stereocenters. The average Bonchev–Trinajstić information content (AvgIpc) is 2.82. The first-order chi connectivity index (χ1) is 15.1. The molecule has 0 bridgehead atoms. The van der Waals surface area contributed by atoms with Crippen LogP contribution >= 0.6 is 11.6 Å². The van der Waals surface area contributed by atoms with Gasteiger partial charge in [-0.05, 0) is 48.6 Å². The fourth-order valence-corrected chi connectivity index (χ4v) is 4.01. The Morgan fingerprint density at radius 1 is 0.935 bits per heavy atom. The molecule has 31 heavy (non-hydrogen) atoms. The van der Waals surface area contributed by atoms with Crippen LogP contribution < -0.4 is 10.1 Å². The summed E-state index contributed by atoms with van der Waals surface area (Å²) in [5, 5.41) is 14.1. The number of carbonyl (C=O) groups excluding carboxylic acids is 1. The van der Waals surface area contributed by atoms with Gasteiger partial charge >= 0.3 is 6.03 Å². The standard InChI is InChI=1S/C25H25ClN2O3/c26-20-10-4-6-12-22(20)31-23-13-7-5-11-21(23)27-25(30)28-16-14-19(15-17-28)24(29)18-8-2-1-3-9-18/h1-13,19,24,29H,14-17H2,(H,27,30). The van der Waals surface area contributed by atoms with Crippen molar-refractivity contribution in [1.29, 1.82) is 0 Å². The Hall–Kier alpha value is -3.02. The van der Waals surface area contributed by atoms with Gasteiger partial charge in [-0.2, -0.15) is 0 Å². The number of aliphatic hydroxyl groups excluding tert-OH is 1. The summed E-state index contributed by atoms with van der Waals surface area (Å²) >= 11 is 6.20. The first kappa shape index (κ1) is 21.2. The minimum Gasteiger partial charge on any atom is -0.454 e. The van der Waals surface area contributed by atoms with E-state index in [0.717, 1.165) is 18.4 Å². The number of anilines is 1. The van der Waals surface area contributed by atoms with Gasteiger partial charge in [0.05, 0.1) is 16.8 Å². The number of benzene rings is 3. The second-order valence-corrected chi connectivity index (χ2v) is 8.05. The first-order valence-electron chi connectivity index (χ1n) is 10.4. The van der Waals surface area contributed by atoms with Gasteiger partial charge in [-0.15, -0.1) is 0 Å². The summed E-state index contributed by atoms with van der Waals surface area (Å²) in [7, 11) is 0. The minimum atomic E-state index is -0.504. The maximum atomic E-state index is 12.9. The van der Waals surface area contributed by atoms with Crippen LogP contribution in [-0.2, 0) is 0 Å². The van der Waals surface area contributed by atoms with Crippen LogP contribution in [0, 0.1) is 5.92 Å². The molecule has 1 aliphatic heterocycles. The maximum Gasteiger partial charge on any atom is 0.321 e. The van der Waals surface area contributed by atoms with Crippen molar-refractivity contribution in [2.75, 3.05) is 18.4 Å². The van der Waals surface area contributed by atoms with Crippen molar-refractivity contribution < 1.29 is 14.6 Å². The number of likely N-dealkylation sites (tertiary alicyclic amines) is 1. The number of carbonyl (C=O) groups is 1. The fraction of sp³-hybridized carbons (Fsp3) is 0.240. The Balaban J connectivity index is 1.37. The highest BCUT2D eigenvalue weighted by molar-refractivity contribution is 6.32. The van der Waals surface area contributed by atoms with Crippen molar-refractivity contribution in [3.63, 3.8) is 0 Å². The minimum absolute atomic E-state index is 0.141. The third-order valence-corrected chi connectivity index (χ3v) is 5.91. The van der Waals surface area contributed by atoms with Gasteiger partial charge in [-0.25, -0.2) is 4.79 Å². The second-order valence-electron chi connectivity index (χ2n) is 7.64. The van der Waals surface area contributed by atoms with E-state index in [9.17, 15) is 9.90 Å². The average molecular weight is 437 g/mol. The molecule has 2 N–H and O–H groups in total. The number of nitrogens with one attached hydrogen (secondary N) is 1. The molecule has 0 aliphatic carbocycles. The topological polar surface area (TPSA) is 61.8 Å². The highest BCUT2D eigenvalue weighted by atomic mass is 35.5. The van der Waals surface area contributed by atoms with Gasteiger partial charge in [0, 0.05) is 13.1 Å². The predicted molar refractivity (Wildman–Crippen MR) is 123 cm³/mol. The van der Waals surface area contributed by atoms with Crippen molar-refractivity contribution in [2.45, 2.75) is 18.9 Å². The smallest absolute Gasteiger partial charge is 0.321 e. The number of halogens is 1. The van der Waals surface area contributed by atoms with Gasteiger partial charge in [0.25, 0.3) is 0 Å². The largest absolute Gasteiger partial charge is 0.454 e. The van der Waals surface area contributed by atoms with Gasteiger partial charge in [-0.3, -0.25) is 0 Å². The summed E-state index contributed by atoms with van der Waals surface area (Å²) in [4.78, 5) is 14.6. The van der Waals surface area contributed by atoms with Gasteiger partial charge in [-0.1, -0.05) is 66.2 Å². The van der Waals surface area contributed by atoms with E-state index in [4.69, 9.17) is 16.3 Å². The molecular formula is C25H25ClN2O3. The SMILES string of the molecule is O=C(Nc1ccccc1Oc1ccccc1Cl)N1CCC(C(O)c2ccccc2)CC1. The number of amides is 2. The van der Waals surface area contributed by atoms with E-state index < -0.39 is 6.10 Å². The van der Waals surface area contributed by atoms with Gasteiger partial charge in [0.15, 0.2) is 5.75 Å². The van der Waals surface area contributed by atoms with Crippen LogP contribution in [0.25, 0.3) is 0 Å². The second kappa shape index (κ2) is 9.86. The Morgan fingerprint density at radius 2 is 1.55 bits per heavy atom. The summed E-state index contributed by atoms with van der Waals surface area (Å²) in [6, 6.07) is 24.0. The highest BCUT2D eigenvalue weighted by Gasteiger charge is 2.28. The Labute approximate surface area is 187 Å². The molecule has 0 aromatic heterocycles. The highest BCUT2D eigenvalue weighted by Crippen LogP contribution is 2.34. The fourth-order valence-electron chi connectivity index (χ4n) is 3.84. The molecule has 3 aromatic rings. The Morgan fingerprint density at radius 3 is 2.26 bits per heavy atom. The van der Waals surface area contributed by atoms with Crippen LogP contribution in [0.1, 0.15) is 24.5 Å². The van der Waals surface area contributed by atoms with Crippen molar-refractivity contribution in [3.8, 4) is 11.5 Å². The summed E-state index contributed by atoms with van der Waals surface area (Å²) in [6.07, 6.45) is 0.999. The normalized spacial score (nSPS) is 15.4. The van der Waals surface area contributed by atoms with Crippen LogP contribution in [0.2, 0.25) is 5.02 Å². The Kier molecular flexibility index (Phi) is 6.75. The molecule has 2 amide bonds. The molecular weight excluding hydrogens is 412 g/mol. The number of ether oxygens (including phenoxy) is 1. The van der Waals surface area contributed by atoms with Gasteiger partial charge in [0.1, 0.15) is 5.75 Å². The molecule has 0 spiro atoms. The lowest BCUT2D eigenvalue weighted by Crippen LogP contribution is -2.42. The van der Waals surface area contributed by atoms with E-state index in [1.807, 2.05) is 54.6 Å². The number of nitrogens with zero attached hydrogens (tertiary/aromatic N) is 1. The number of aliphatic hydroxyl groups is 1. The maximum absolute atomic E-state index is 12.9. The van der Waals surface area contributed by atoms with Crippen molar-refractivity contribution in [2.24, 2.45) is 5.92 Å². The predicted octanol–water partition coefficient (Wildman–Crippen LogP) is 6.11. The quantitative estimate of drug-likeness (QED) is 0.507. The van der Waals surface area contributed by atoms with Crippen LogP contribution in [0.5, 0.6) is 11.5 Å². The van der Waals surface area contributed by atoms with E-state index in [1.54, 1.807) is 29.2 Å². The first-order valence-corrected chi connectivity index (χ1v) is 10.8. The summed E-state index contributed by atoms with van der Waals surface area (Å²) in [5.74, 6) is 1.20. The number of hydrogen-bond acceptors (Lipinski definition) is 3. The number of hydrogen-bond donors (Lipinski definition) is 2. The molecule has 6 heteroatoms. The number of urea groups is 1. The van der Waals surface area contributed by atoms with E-state index in [1.165, 1.54) is 0 Å². The molecule has 1 fully saturated rings.